The topological polar surface area (TPSA) is 32.8 Å². The van der Waals surface area contributed by atoms with Gasteiger partial charge < -0.3 is 18.6 Å². The highest BCUT2D eigenvalue weighted by Gasteiger charge is 2.48. The fourth-order valence-electron chi connectivity index (χ4n) is 15.8. The number of fused-ring (bicyclic) bond motifs is 20. The van der Waals surface area contributed by atoms with Gasteiger partial charge >= 0.3 is 0 Å². The van der Waals surface area contributed by atoms with Gasteiger partial charge in [-0.05, 0) is 131 Å². The van der Waals surface area contributed by atoms with Gasteiger partial charge in [0.2, 0.25) is 0 Å². The molecule has 13 aromatic rings. The Morgan fingerprint density at radius 2 is 0.732 bits per heavy atom. The quantitative estimate of drug-likeness (QED) is 0.155. The minimum atomic E-state index is -2.51. The molecule has 0 unspecified atom stereocenters. The van der Waals surface area contributed by atoms with Crippen LogP contribution < -0.4 is 30.5 Å². The molecule has 82 heavy (non-hydrogen) atoms. The maximum Gasteiger partial charge on any atom is 0.160 e. The molecule has 4 aliphatic rings. The number of anilines is 6. The molecule has 4 nitrogen and oxygen atoms in total. The molecule has 0 spiro atoms. The zero-order valence-corrected chi connectivity index (χ0v) is 49.5. The highest BCUT2D eigenvalue weighted by Crippen LogP contribution is 2.58. The first-order chi connectivity index (χ1) is 39.7. The number of nitrogens with zero attached hydrogens (tertiary/aromatic N) is 2. The standard InChI is InChI=1S/C76H60N2O2Si2/c1-75(2)53-33-19-15-29-47(53)67-55(75)35-23-37-57(67)77(45-25-11-9-12-26-45)59-43-66-71(74-69(59)49-31-17-21-39-61(49)80-74)52-42-63-51(41-64(52)82(66,7)8)70-65(81(63,5)6)44-60(73-72(70)50-32-18-22-40-62(50)79-73)78(46-27-13-10-14-28-46)58-38-24-36-56-68(58)48-30-16-20-34-54(48)76(56,3)4/h9-44H,1-8H3. The first-order valence-corrected chi connectivity index (χ1v) is 35.1. The molecule has 0 saturated carbocycles. The first kappa shape index (κ1) is 47.8. The fourth-order valence-corrected chi connectivity index (χ4v) is 21.9. The van der Waals surface area contributed by atoms with Crippen LogP contribution in [0.4, 0.5) is 34.1 Å². The van der Waals surface area contributed by atoms with Crippen molar-refractivity contribution in [3.05, 3.63) is 241 Å². The SMILES string of the molecule is CC1(C)c2ccccc2-c2c(N(c3ccccc3)c3cc4c(c5c3oc3ccccc35)-c3cc5c(cc3[Si]4(C)C)-c3c(cc(N(c4ccccc4)c4cccc6c4-c4ccccc4C6(C)C)c4c3oc3ccccc34)[Si]5(C)C)cccc21. The Morgan fingerprint density at radius 3 is 1.28 bits per heavy atom. The van der Waals surface area contributed by atoms with Crippen molar-refractivity contribution in [1.82, 2.24) is 0 Å². The third kappa shape index (κ3) is 6.10. The minimum Gasteiger partial charge on any atom is -0.455 e. The number of hydrogen-bond acceptors (Lipinski definition) is 4. The number of benzene rings is 11. The molecule has 2 aliphatic carbocycles. The zero-order chi connectivity index (χ0) is 55.3. The highest BCUT2D eigenvalue weighted by atomic mass is 28.3. The second-order valence-corrected chi connectivity index (χ2v) is 34.2. The van der Waals surface area contributed by atoms with Gasteiger partial charge in [0.1, 0.15) is 32.9 Å². The molecular weight excluding hydrogens is 1030 g/mol. The van der Waals surface area contributed by atoms with Crippen LogP contribution in [0.5, 0.6) is 0 Å². The molecule has 2 aliphatic heterocycles. The summed E-state index contributed by atoms with van der Waals surface area (Å²) in [5.41, 5.74) is 26.0. The van der Waals surface area contributed by atoms with Crippen LogP contribution in [0.15, 0.2) is 227 Å². The van der Waals surface area contributed by atoms with Crippen LogP contribution in [0, 0.1) is 0 Å². The Hall–Kier alpha value is -8.95. The van der Waals surface area contributed by atoms with Crippen LogP contribution >= 0.6 is 0 Å². The summed E-state index contributed by atoms with van der Waals surface area (Å²) in [6.45, 7) is 19.8. The second kappa shape index (κ2) is 16.4. The smallest absolute Gasteiger partial charge is 0.160 e. The summed E-state index contributed by atoms with van der Waals surface area (Å²) < 4.78 is 14.7. The zero-order valence-electron chi connectivity index (χ0n) is 47.5. The molecule has 4 heterocycles. The van der Waals surface area contributed by atoms with Crippen LogP contribution in [0.25, 0.3) is 88.4 Å². The lowest BCUT2D eigenvalue weighted by atomic mass is 9.82. The summed E-state index contributed by atoms with van der Waals surface area (Å²) >= 11 is 0. The Bertz CT molecular complexity index is 4940. The summed E-state index contributed by atoms with van der Waals surface area (Å²) in [4.78, 5) is 5.07. The first-order valence-electron chi connectivity index (χ1n) is 29.1. The average Bonchev–Trinajstić information content (AvgIpc) is 1.87. The average molecular weight is 1090 g/mol. The normalized spacial score (nSPS) is 15.7. The summed E-state index contributed by atoms with van der Waals surface area (Å²) in [5, 5.41) is 10.4. The molecule has 0 fully saturated rings. The molecule has 2 aromatic heterocycles. The molecule has 6 heteroatoms. The van der Waals surface area contributed by atoms with Crippen LogP contribution in [0.2, 0.25) is 26.2 Å². The molecule has 0 radical (unpaired) electrons. The van der Waals surface area contributed by atoms with Crippen LogP contribution in [-0.2, 0) is 10.8 Å². The molecule has 0 atom stereocenters. The van der Waals surface area contributed by atoms with E-state index in [2.05, 4.69) is 282 Å². The fraction of sp³-hybridized carbons (Fsp3) is 0.132. The summed E-state index contributed by atoms with van der Waals surface area (Å²) in [5.74, 6) is 0. The van der Waals surface area contributed by atoms with Crippen molar-refractivity contribution in [2.75, 3.05) is 9.80 Å². The maximum atomic E-state index is 7.40. The van der Waals surface area contributed by atoms with E-state index in [0.717, 1.165) is 66.9 Å². The van der Waals surface area contributed by atoms with Gasteiger partial charge in [-0.1, -0.05) is 212 Å². The Morgan fingerprint density at radius 1 is 0.317 bits per heavy atom. The predicted octanol–water partition coefficient (Wildman–Crippen LogP) is 18.6. The van der Waals surface area contributed by atoms with E-state index in [1.165, 1.54) is 98.6 Å². The lowest BCUT2D eigenvalue weighted by Gasteiger charge is -2.30. The van der Waals surface area contributed by atoms with Crippen LogP contribution in [0.3, 0.4) is 0 Å². The number of rotatable bonds is 6. The molecular formula is C76H60N2O2Si2. The van der Waals surface area contributed by atoms with Crippen LogP contribution in [-0.4, -0.2) is 16.1 Å². The van der Waals surface area contributed by atoms with Crippen LogP contribution in [0.1, 0.15) is 49.9 Å². The summed E-state index contributed by atoms with van der Waals surface area (Å²) in [6, 6.07) is 81.8. The molecule has 394 valence electrons. The monoisotopic (exact) mass is 1090 g/mol. The van der Waals surface area contributed by atoms with Crippen molar-refractivity contribution in [1.29, 1.82) is 0 Å². The number of furan rings is 2. The van der Waals surface area contributed by atoms with Crippen molar-refractivity contribution in [2.45, 2.75) is 64.7 Å². The number of para-hydroxylation sites is 4. The number of hydrogen-bond donors (Lipinski definition) is 0. The van der Waals surface area contributed by atoms with E-state index in [0.29, 0.717) is 0 Å². The molecule has 0 bridgehead atoms. The summed E-state index contributed by atoms with van der Waals surface area (Å²) in [6.07, 6.45) is 0. The maximum absolute atomic E-state index is 7.40. The van der Waals surface area contributed by atoms with Crippen molar-refractivity contribution < 1.29 is 8.83 Å². The van der Waals surface area contributed by atoms with E-state index >= 15 is 0 Å². The molecule has 0 saturated heterocycles. The van der Waals surface area contributed by atoms with Gasteiger partial charge in [-0.2, -0.15) is 0 Å². The molecule has 11 aromatic carbocycles. The van der Waals surface area contributed by atoms with E-state index in [4.69, 9.17) is 8.83 Å². The lowest BCUT2D eigenvalue weighted by molar-refractivity contribution is 0.660. The van der Waals surface area contributed by atoms with Crippen molar-refractivity contribution in [2.24, 2.45) is 0 Å². The van der Waals surface area contributed by atoms with Gasteiger partial charge in [0.05, 0.1) is 28.1 Å². The Kier molecular flexibility index (Phi) is 9.55. The Labute approximate surface area is 480 Å². The Balaban J connectivity index is 0.918. The van der Waals surface area contributed by atoms with E-state index in [-0.39, 0.29) is 10.8 Å². The van der Waals surface area contributed by atoms with E-state index < -0.39 is 16.1 Å². The van der Waals surface area contributed by atoms with Gasteiger partial charge in [-0.3, -0.25) is 0 Å². The molecule has 17 rings (SSSR count). The second-order valence-electron chi connectivity index (χ2n) is 25.5. The van der Waals surface area contributed by atoms with Crippen molar-refractivity contribution in [3.63, 3.8) is 0 Å². The highest BCUT2D eigenvalue weighted by molar-refractivity contribution is 7.06. The predicted molar refractivity (Wildman–Crippen MR) is 350 cm³/mol. The van der Waals surface area contributed by atoms with Gasteiger partial charge in [-0.15, -0.1) is 0 Å². The van der Waals surface area contributed by atoms with Crippen molar-refractivity contribution in [3.8, 4) is 44.5 Å². The van der Waals surface area contributed by atoms with E-state index in [9.17, 15) is 0 Å². The molecule has 0 amide bonds. The lowest BCUT2D eigenvalue weighted by Crippen LogP contribution is -2.51. The summed E-state index contributed by atoms with van der Waals surface area (Å²) in [7, 11) is -5.02. The van der Waals surface area contributed by atoms with Gasteiger partial charge in [-0.25, -0.2) is 0 Å². The van der Waals surface area contributed by atoms with Gasteiger partial charge in [0.25, 0.3) is 0 Å². The van der Waals surface area contributed by atoms with E-state index in [1.807, 2.05) is 0 Å². The van der Waals surface area contributed by atoms with Gasteiger partial charge in [0.15, 0.2) is 5.58 Å². The third-order valence-corrected chi connectivity index (χ3v) is 26.8. The minimum absolute atomic E-state index is 0.157. The largest absolute Gasteiger partial charge is 0.455 e. The third-order valence-electron chi connectivity index (χ3n) is 19.8. The van der Waals surface area contributed by atoms with Gasteiger partial charge in [0, 0.05) is 55.1 Å². The molecule has 0 N–H and O–H groups in total. The van der Waals surface area contributed by atoms with Crippen molar-refractivity contribution >= 4 is 115 Å². The van der Waals surface area contributed by atoms with E-state index in [1.54, 1.807) is 0 Å².